The van der Waals surface area contributed by atoms with E-state index in [2.05, 4.69) is 27.1 Å². The van der Waals surface area contributed by atoms with E-state index in [1.54, 1.807) is 17.0 Å². The van der Waals surface area contributed by atoms with Crippen LogP contribution in [-0.4, -0.2) is 61.6 Å². The van der Waals surface area contributed by atoms with Crippen molar-refractivity contribution in [1.29, 1.82) is 0 Å². The molecule has 1 amide bonds. The van der Waals surface area contributed by atoms with Gasteiger partial charge in [-0.15, -0.1) is 0 Å². The molecule has 1 unspecified atom stereocenters. The van der Waals surface area contributed by atoms with Crippen LogP contribution in [0.25, 0.3) is 4.96 Å². The first-order valence-electron chi connectivity index (χ1n) is 9.35. The van der Waals surface area contributed by atoms with Crippen LogP contribution >= 0.6 is 11.3 Å². The average molecular weight is 409 g/mol. The van der Waals surface area contributed by atoms with Crippen LogP contribution in [0.15, 0.2) is 59.5 Å². The van der Waals surface area contributed by atoms with Gasteiger partial charge in [-0.1, -0.05) is 41.7 Å². The summed E-state index contributed by atoms with van der Waals surface area (Å²) < 4.78 is 6.71. The summed E-state index contributed by atoms with van der Waals surface area (Å²) in [5.74, 6) is 0.388. The van der Waals surface area contributed by atoms with Gasteiger partial charge in [0, 0.05) is 26.2 Å². The zero-order chi connectivity index (χ0) is 19.8. The van der Waals surface area contributed by atoms with Gasteiger partial charge in [-0.2, -0.15) is 9.61 Å². The molecule has 5 rings (SSSR count). The van der Waals surface area contributed by atoms with Gasteiger partial charge in [0.15, 0.2) is 5.76 Å². The highest BCUT2D eigenvalue weighted by Gasteiger charge is 2.32. The molecular formula is C20H19N5O3S. The summed E-state index contributed by atoms with van der Waals surface area (Å²) in [7, 11) is 0. The molecule has 4 aromatic rings. The number of thiazole rings is 1. The molecule has 9 heteroatoms. The van der Waals surface area contributed by atoms with Gasteiger partial charge >= 0.3 is 0 Å². The van der Waals surface area contributed by atoms with Gasteiger partial charge in [0.25, 0.3) is 5.91 Å². The summed E-state index contributed by atoms with van der Waals surface area (Å²) in [6.45, 7) is 2.53. The third kappa shape index (κ3) is 3.18. The Morgan fingerprint density at radius 1 is 1.10 bits per heavy atom. The van der Waals surface area contributed by atoms with Crippen molar-refractivity contribution in [2.24, 2.45) is 0 Å². The van der Waals surface area contributed by atoms with Gasteiger partial charge in [0.2, 0.25) is 10.8 Å². The van der Waals surface area contributed by atoms with Crippen molar-refractivity contribution >= 4 is 22.2 Å². The number of furan rings is 1. The van der Waals surface area contributed by atoms with E-state index >= 15 is 0 Å². The van der Waals surface area contributed by atoms with Crippen LogP contribution in [0.3, 0.4) is 0 Å². The van der Waals surface area contributed by atoms with Crippen molar-refractivity contribution < 1.29 is 14.3 Å². The fourth-order valence-electron chi connectivity index (χ4n) is 3.77. The van der Waals surface area contributed by atoms with Crippen molar-refractivity contribution in [1.82, 2.24) is 24.4 Å². The van der Waals surface area contributed by atoms with E-state index in [1.165, 1.54) is 28.4 Å². The third-order valence-electron chi connectivity index (χ3n) is 5.20. The largest absolute Gasteiger partial charge is 0.492 e. The Balaban J connectivity index is 1.43. The number of hydrogen-bond acceptors (Lipinski definition) is 7. The van der Waals surface area contributed by atoms with Gasteiger partial charge < -0.3 is 14.4 Å². The Hall–Kier alpha value is -3.17. The number of nitrogens with zero attached hydrogens (tertiary/aromatic N) is 5. The zero-order valence-electron chi connectivity index (χ0n) is 15.5. The van der Waals surface area contributed by atoms with Crippen LogP contribution in [0.2, 0.25) is 0 Å². The van der Waals surface area contributed by atoms with Gasteiger partial charge in [-0.3, -0.25) is 9.69 Å². The molecule has 148 valence electrons. The predicted molar refractivity (Wildman–Crippen MR) is 107 cm³/mol. The molecule has 29 heavy (non-hydrogen) atoms. The Bertz CT molecular complexity index is 1110. The maximum absolute atomic E-state index is 12.6. The van der Waals surface area contributed by atoms with Crippen molar-refractivity contribution in [3.8, 4) is 5.88 Å². The van der Waals surface area contributed by atoms with Crippen LogP contribution in [0.1, 0.15) is 27.0 Å². The number of carbonyl (C=O) groups is 1. The summed E-state index contributed by atoms with van der Waals surface area (Å²) in [6.07, 6.45) is 2.95. The quantitative estimate of drug-likeness (QED) is 0.558. The van der Waals surface area contributed by atoms with E-state index in [0.717, 1.165) is 10.4 Å². The first kappa shape index (κ1) is 17.9. The minimum absolute atomic E-state index is 0.0902. The van der Waals surface area contributed by atoms with E-state index in [1.807, 2.05) is 18.2 Å². The lowest BCUT2D eigenvalue weighted by molar-refractivity contribution is 0.0568. The molecule has 1 aromatic carbocycles. The van der Waals surface area contributed by atoms with Crippen LogP contribution in [0, 0.1) is 0 Å². The fourth-order valence-corrected chi connectivity index (χ4v) is 4.87. The zero-order valence-corrected chi connectivity index (χ0v) is 16.3. The number of rotatable bonds is 4. The van der Waals surface area contributed by atoms with Crippen LogP contribution in [0.4, 0.5) is 0 Å². The molecule has 0 aliphatic carbocycles. The lowest BCUT2D eigenvalue weighted by Gasteiger charge is -2.38. The lowest BCUT2D eigenvalue weighted by atomic mass is 10.0. The second-order valence-electron chi connectivity index (χ2n) is 6.86. The monoisotopic (exact) mass is 409 g/mol. The topological polar surface area (TPSA) is 87.1 Å². The summed E-state index contributed by atoms with van der Waals surface area (Å²) in [4.78, 5) is 22.3. The minimum atomic E-state index is -0.134. The van der Waals surface area contributed by atoms with Crippen molar-refractivity contribution in [3.63, 3.8) is 0 Å². The van der Waals surface area contributed by atoms with Crippen LogP contribution in [-0.2, 0) is 0 Å². The van der Waals surface area contributed by atoms with E-state index in [0.29, 0.717) is 36.9 Å². The maximum Gasteiger partial charge on any atom is 0.289 e. The second kappa shape index (κ2) is 7.34. The Morgan fingerprint density at radius 3 is 2.59 bits per heavy atom. The number of hydrogen-bond donors (Lipinski definition) is 1. The summed E-state index contributed by atoms with van der Waals surface area (Å²) in [5.41, 5.74) is 1.08. The van der Waals surface area contributed by atoms with Crippen LogP contribution in [0.5, 0.6) is 5.88 Å². The van der Waals surface area contributed by atoms with Crippen LogP contribution < -0.4 is 0 Å². The summed E-state index contributed by atoms with van der Waals surface area (Å²) in [6, 6.07) is 13.3. The number of aromatic hydroxyl groups is 1. The van der Waals surface area contributed by atoms with Crippen molar-refractivity contribution in [2.75, 3.05) is 26.2 Å². The molecule has 0 saturated carbocycles. The number of carbonyl (C=O) groups excluding carboxylic acids is 1. The van der Waals surface area contributed by atoms with Gasteiger partial charge in [-0.05, 0) is 17.7 Å². The average Bonchev–Trinajstić information content (AvgIpc) is 3.50. The summed E-state index contributed by atoms with van der Waals surface area (Å²) >= 11 is 1.43. The molecule has 0 spiro atoms. The minimum Gasteiger partial charge on any atom is -0.492 e. The molecule has 1 atom stereocenters. The van der Waals surface area contributed by atoms with Gasteiger partial charge in [0.05, 0.1) is 17.2 Å². The lowest BCUT2D eigenvalue weighted by Crippen LogP contribution is -2.49. The highest BCUT2D eigenvalue weighted by Crippen LogP contribution is 2.39. The first-order valence-corrected chi connectivity index (χ1v) is 10.2. The third-order valence-corrected chi connectivity index (χ3v) is 6.29. The first-order chi connectivity index (χ1) is 14.2. The molecule has 1 fully saturated rings. The van der Waals surface area contributed by atoms with E-state index in [9.17, 15) is 9.90 Å². The molecular weight excluding hydrogens is 390 g/mol. The van der Waals surface area contributed by atoms with E-state index in [-0.39, 0.29) is 17.8 Å². The number of amides is 1. The molecule has 3 aromatic heterocycles. The Morgan fingerprint density at radius 2 is 1.90 bits per heavy atom. The highest BCUT2D eigenvalue weighted by molar-refractivity contribution is 7.17. The molecule has 0 radical (unpaired) electrons. The Labute approximate surface area is 170 Å². The number of fused-ring (bicyclic) bond motifs is 1. The van der Waals surface area contributed by atoms with Gasteiger partial charge in [-0.25, -0.2) is 4.98 Å². The normalized spacial score (nSPS) is 16.3. The standard InChI is InChI=1S/C20H19N5O3S/c26-18(15-7-4-12-28-15)24-10-8-23(9-11-24)16(14-5-2-1-3-6-14)17-19(27)25-20(29-17)21-13-22-25/h1-7,12-13,16,27H,8-11H2. The molecule has 1 saturated heterocycles. The maximum atomic E-state index is 12.6. The number of aromatic nitrogens is 3. The van der Waals surface area contributed by atoms with E-state index in [4.69, 9.17) is 4.42 Å². The number of benzene rings is 1. The van der Waals surface area contributed by atoms with E-state index < -0.39 is 0 Å². The Kier molecular flexibility index (Phi) is 4.53. The van der Waals surface area contributed by atoms with Crippen molar-refractivity contribution in [3.05, 3.63) is 71.3 Å². The molecule has 1 aliphatic heterocycles. The molecule has 1 aliphatic rings. The fraction of sp³-hybridized carbons (Fsp3) is 0.250. The predicted octanol–water partition coefficient (Wildman–Crippen LogP) is 2.64. The molecule has 0 bridgehead atoms. The second-order valence-corrected chi connectivity index (χ2v) is 7.87. The smallest absolute Gasteiger partial charge is 0.289 e. The van der Waals surface area contributed by atoms with Crippen molar-refractivity contribution in [2.45, 2.75) is 6.04 Å². The molecule has 8 nitrogen and oxygen atoms in total. The van der Waals surface area contributed by atoms with Gasteiger partial charge in [0.1, 0.15) is 6.33 Å². The highest BCUT2D eigenvalue weighted by atomic mass is 32.1. The molecule has 4 heterocycles. The summed E-state index contributed by atoms with van der Waals surface area (Å²) in [5, 5.41) is 14.9. The number of piperazine rings is 1. The SMILES string of the molecule is O=C(c1ccco1)N1CCN(C(c2ccccc2)c2sc3ncnn3c2O)CC1. The molecule has 1 N–H and O–H groups in total.